The summed E-state index contributed by atoms with van der Waals surface area (Å²) in [5.41, 5.74) is 3.44. The van der Waals surface area contributed by atoms with E-state index in [0.29, 0.717) is 10.6 Å². The van der Waals surface area contributed by atoms with Crippen LogP contribution in [0.4, 0.5) is 0 Å². The number of halogens is 1. The van der Waals surface area contributed by atoms with E-state index in [2.05, 4.69) is 16.0 Å². The molecule has 0 radical (unpaired) electrons. The van der Waals surface area contributed by atoms with Crippen LogP contribution >= 0.6 is 11.6 Å². The topological polar surface area (TPSA) is 74.5 Å². The number of aromatic nitrogens is 3. The van der Waals surface area contributed by atoms with E-state index in [0.717, 1.165) is 29.1 Å². The second-order valence-electron chi connectivity index (χ2n) is 6.69. The van der Waals surface area contributed by atoms with Gasteiger partial charge in [-0.15, -0.1) is 0 Å². The third kappa shape index (κ3) is 4.13. The average molecular weight is 401 g/mol. The lowest BCUT2D eigenvalue weighted by Crippen LogP contribution is -2.16. The van der Waals surface area contributed by atoms with Crippen LogP contribution in [0.15, 0.2) is 84.0 Å². The van der Waals surface area contributed by atoms with E-state index in [-0.39, 0.29) is 11.5 Å². The SMILES string of the molecule is N#Cc1ccc(C(Cc2ccc(-n3cc(Cl)ccc3=O)cc2)c2ncc[nH]2)cc1. The van der Waals surface area contributed by atoms with Crippen molar-refractivity contribution in [3.8, 4) is 11.8 Å². The molecule has 1 atom stereocenters. The molecule has 0 saturated carbocycles. The van der Waals surface area contributed by atoms with Crippen LogP contribution in [0.25, 0.3) is 5.69 Å². The molecule has 0 saturated heterocycles. The molecule has 0 aliphatic carbocycles. The highest BCUT2D eigenvalue weighted by Gasteiger charge is 2.17. The lowest BCUT2D eigenvalue weighted by Gasteiger charge is -2.16. The Kier molecular flexibility index (Phi) is 5.28. The summed E-state index contributed by atoms with van der Waals surface area (Å²) < 4.78 is 1.52. The number of rotatable bonds is 5. The van der Waals surface area contributed by atoms with Gasteiger partial charge < -0.3 is 4.98 Å². The predicted octanol–water partition coefficient (Wildman–Crippen LogP) is 4.46. The molecule has 0 bridgehead atoms. The Morgan fingerprint density at radius 2 is 1.83 bits per heavy atom. The Morgan fingerprint density at radius 1 is 1.07 bits per heavy atom. The van der Waals surface area contributed by atoms with Crippen LogP contribution in [0, 0.1) is 11.3 Å². The van der Waals surface area contributed by atoms with Crippen molar-refractivity contribution in [2.24, 2.45) is 0 Å². The van der Waals surface area contributed by atoms with E-state index >= 15 is 0 Å². The van der Waals surface area contributed by atoms with Gasteiger partial charge in [0.2, 0.25) is 0 Å². The molecule has 0 fully saturated rings. The highest BCUT2D eigenvalue weighted by molar-refractivity contribution is 6.30. The molecule has 1 unspecified atom stereocenters. The van der Waals surface area contributed by atoms with Crippen LogP contribution < -0.4 is 5.56 Å². The first-order chi connectivity index (χ1) is 14.1. The minimum Gasteiger partial charge on any atom is -0.348 e. The fourth-order valence-electron chi connectivity index (χ4n) is 3.32. The first-order valence-corrected chi connectivity index (χ1v) is 9.49. The first-order valence-electron chi connectivity index (χ1n) is 9.11. The molecule has 0 aliphatic heterocycles. The number of H-pyrrole nitrogens is 1. The Bertz CT molecular complexity index is 1200. The molecule has 0 spiro atoms. The maximum Gasteiger partial charge on any atom is 0.255 e. The fraction of sp³-hybridized carbons (Fsp3) is 0.0870. The monoisotopic (exact) mass is 400 g/mol. The minimum absolute atomic E-state index is 0.0254. The summed E-state index contributed by atoms with van der Waals surface area (Å²) in [6, 6.07) is 20.6. The molecule has 29 heavy (non-hydrogen) atoms. The number of nitrogens with zero attached hydrogens (tertiary/aromatic N) is 3. The number of pyridine rings is 1. The first kappa shape index (κ1) is 18.7. The zero-order valence-electron chi connectivity index (χ0n) is 15.4. The zero-order chi connectivity index (χ0) is 20.2. The number of hydrogen-bond donors (Lipinski definition) is 1. The largest absolute Gasteiger partial charge is 0.348 e. The predicted molar refractivity (Wildman–Crippen MR) is 112 cm³/mol. The quantitative estimate of drug-likeness (QED) is 0.537. The molecular weight excluding hydrogens is 384 g/mol. The summed E-state index contributed by atoms with van der Waals surface area (Å²) in [5, 5.41) is 9.55. The summed E-state index contributed by atoms with van der Waals surface area (Å²) in [6.45, 7) is 0. The highest BCUT2D eigenvalue weighted by atomic mass is 35.5. The van der Waals surface area contributed by atoms with Crippen molar-refractivity contribution in [3.63, 3.8) is 0 Å². The van der Waals surface area contributed by atoms with Gasteiger partial charge in [0.05, 0.1) is 16.7 Å². The van der Waals surface area contributed by atoms with Crippen LogP contribution in [0.3, 0.4) is 0 Å². The van der Waals surface area contributed by atoms with Crippen molar-refractivity contribution >= 4 is 11.6 Å². The molecule has 2 aromatic carbocycles. The lowest BCUT2D eigenvalue weighted by molar-refractivity contribution is 0.751. The van der Waals surface area contributed by atoms with E-state index in [1.165, 1.54) is 10.6 Å². The van der Waals surface area contributed by atoms with Gasteiger partial charge in [-0.3, -0.25) is 9.36 Å². The molecule has 142 valence electrons. The number of nitriles is 1. The van der Waals surface area contributed by atoms with Crippen molar-refractivity contribution in [3.05, 3.63) is 117 Å². The number of hydrogen-bond acceptors (Lipinski definition) is 3. The zero-order valence-corrected chi connectivity index (χ0v) is 16.2. The van der Waals surface area contributed by atoms with Gasteiger partial charge in [0.1, 0.15) is 5.82 Å². The fourth-order valence-corrected chi connectivity index (χ4v) is 3.48. The minimum atomic E-state index is -0.131. The summed E-state index contributed by atoms with van der Waals surface area (Å²) >= 11 is 6.02. The Balaban J connectivity index is 1.63. The number of benzene rings is 2. The van der Waals surface area contributed by atoms with Gasteiger partial charge in [-0.2, -0.15) is 5.26 Å². The maximum absolute atomic E-state index is 12.1. The number of imidazole rings is 1. The van der Waals surface area contributed by atoms with Crippen LogP contribution in [-0.2, 0) is 6.42 Å². The van der Waals surface area contributed by atoms with Crippen LogP contribution in [0.5, 0.6) is 0 Å². The van der Waals surface area contributed by atoms with Gasteiger partial charge in [-0.05, 0) is 47.9 Å². The number of nitrogens with one attached hydrogen (secondary N) is 1. The van der Waals surface area contributed by atoms with E-state index in [1.54, 1.807) is 24.7 Å². The van der Waals surface area contributed by atoms with E-state index in [9.17, 15) is 4.79 Å². The van der Waals surface area contributed by atoms with Gasteiger partial charge in [0.25, 0.3) is 5.56 Å². The molecule has 2 heterocycles. The van der Waals surface area contributed by atoms with Crippen molar-refractivity contribution in [1.82, 2.24) is 14.5 Å². The van der Waals surface area contributed by atoms with Gasteiger partial charge in [0.15, 0.2) is 0 Å². The van der Waals surface area contributed by atoms with Crippen molar-refractivity contribution < 1.29 is 0 Å². The Morgan fingerprint density at radius 3 is 2.48 bits per heavy atom. The third-order valence-corrected chi connectivity index (χ3v) is 5.04. The second-order valence-corrected chi connectivity index (χ2v) is 7.12. The van der Waals surface area contributed by atoms with Gasteiger partial charge in [-0.1, -0.05) is 35.9 Å². The summed E-state index contributed by atoms with van der Waals surface area (Å²) in [5.74, 6) is 0.891. The normalized spacial score (nSPS) is 11.7. The van der Waals surface area contributed by atoms with Crippen molar-refractivity contribution in [1.29, 1.82) is 5.26 Å². The molecule has 0 aliphatic rings. The van der Waals surface area contributed by atoms with E-state index in [4.69, 9.17) is 16.9 Å². The van der Waals surface area contributed by atoms with Gasteiger partial charge in [-0.25, -0.2) is 4.98 Å². The summed E-state index contributed by atoms with van der Waals surface area (Å²) in [6.07, 6.45) is 5.88. The molecule has 6 heteroatoms. The Labute approximate surface area is 172 Å². The summed E-state index contributed by atoms with van der Waals surface area (Å²) in [4.78, 5) is 19.7. The highest BCUT2D eigenvalue weighted by Crippen LogP contribution is 2.27. The standard InChI is InChI=1S/C23H17ClN4O/c24-19-7-10-22(29)28(15-19)20-8-3-16(4-9-20)13-21(23-26-11-12-27-23)18-5-1-17(14-25)2-6-18/h1-12,15,21H,13H2,(H,26,27). The smallest absolute Gasteiger partial charge is 0.255 e. The van der Waals surface area contributed by atoms with E-state index < -0.39 is 0 Å². The molecule has 1 N–H and O–H groups in total. The molecule has 0 amide bonds. The lowest BCUT2D eigenvalue weighted by atomic mass is 9.90. The average Bonchev–Trinajstić information content (AvgIpc) is 3.29. The number of aromatic amines is 1. The van der Waals surface area contributed by atoms with Gasteiger partial charge in [0, 0.05) is 36.3 Å². The Hall–Kier alpha value is -3.62. The van der Waals surface area contributed by atoms with Gasteiger partial charge >= 0.3 is 0 Å². The maximum atomic E-state index is 12.1. The van der Waals surface area contributed by atoms with Crippen LogP contribution in [-0.4, -0.2) is 14.5 Å². The molecule has 5 nitrogen and oxygen atoms in total. The van der Waals surface area contributed by atoms with Crippen molar-refractivity contribution in [2.75, 3.05) is 0 Å². The molecule has 4 rings (SSSR count). The molecule has 4 aromatic rings. The summed E-state index contributed by atoms with van der Waals surface area (Å²) in [7, 11) is 0. The van der Waals surface area contributed by atoms with E-state index in [1.807, 2.05) is 48.5 Å². The van der Waals surface area contributed by atoms with Crippen LogP contribution in [0.2, 0.25) is 5.02 Å². The molecule has 2 aromatic heterocycles. The third-order valence-electron chi connectivity index (χ3n) is 4.82. The van der Waals surface area contributed by atoms with Crippen molar-refractivity contribution in [2.45, 2.75) is 12.3 Å². The second kappa shape index (κ2) is 8.17. The molecular formula is C23H17ClN4O. The van der Waals surface area contributed by atoms with Crippen LogP contribution in [0.1, 0.15) is 28.4 Å².